The number of benzene rings is 2. The molecule has 8 nitrogen and oxygen atoms in total. The summed E-state index contributed by atoms with van der Waals surface area (Å²) in [6.45, 7) is 1.92. The van der Waals surface area contributed by atoms with Gasteiger partial charge in [-0.1, -0.05) is 17.7 Å². The van der Waals surface area contributed by atoms with E-state index >= 15 is 0 Å². The Hall–Kier alpha value is -3.39. The van der Waals surface area contributed by atoms with Crippen molar-refractivity contribution in [1.29, 1.82) is 0 Å². The van der Waals surface area contributed by atoms with E-state index < -0.39 is 17.9 Å². The van der Waals surface area contributed by atoms with E-state index in [1.54, 1.807) is 30.3 Å². The van der Waals surface area contributed by atoms with Gasteiger partial charge in [-0.05, 0) is 31.2 Å². The summed E-state index contributed by atoms with van der Waals surface area (Å²) in [5.74, 6) is -0.376. The van der Waals surface area contributed by atoms with E-state index in [0.29, 0.717) is 22.7 Å². The number of hydrazine groups is 1. The molecule has 0 saturated carbocycles. The lowest BCUT2D eigenvalue weighted by Crippen LogP contribution is -2.48. The fourth-order valence-corrected chi connectivity index (χ4v) is 2.90. The molecule has 1 aliphatic heterocycles. The van der Waals surface area contributed by atoms with Gasteiger partial charge in [0.25, 0.3) is 11.8 Å². The molecule has 0 bridgehead atoms. The number of imide groups is 1. The summed E-state index contributed by atoms with van der Waals surface area (Å²) in [7, 11) is 2.96. The van der Waals surface area contributed by atoms with E-state index in [1.165, 1.54) is 14.2 Å². The predicted octanol–water partition coefficient (Wildman–Crippen LogP) is 1.58. The Morgan fingerprint density at radius 1 is 1.07 bits per heavy atom. The van der Waals surface area contributed by atoms with Gasteiger partial charge in [-0.25, -0.2) is 10.3 Å². The number of hydrogen-bond acceptors (Lipinski definition) is 6. The Morgan fingerprint density at radius 3 is 2.43 bits per heavy atom. The average Bonchev–Trinajstić information content (AvgIpc) is 2.99. The van der Waals surface area contributed by atoms with Crippen LogP contribution in [0.4, 0.5) is 5.69 Å². The van der Waals surface area contributed by atoms with Crippen LogP contribution in [0, 0.1) is 6.92 Å². The maximum atomic E-state index is 12.7. The molecule has 0 aliphatic carbocycles. The molecule has 8 heteroatoms. The normalized spacial score (nSPS) is 16.2. The third-order valence-electron chi connectivity index (χ3n) is 4.45. The van der Waals surface area contributed by atoms with E-state index in [4.69, 9.17) is 9.47 Å². The molecule has 146 valence electrons. The van der Waals surface area contributed by atoms with Crippen LogP contribution in [0.1, 0.15) is 22.3 Å². The van der Waals surface area contributed by atoms with Gasteiger partial charge in [-0.15, -0.1) is 0 Å². The van der Waals surface area contributed by atoms with Crippen molar-refractivity contribution in [3.63, 3.8) is 0 Å². The van der Waals surface area contributed by atoms with E-state index in [0.717, 1.165) is 10.5 Å². The lowest BCUT2D eigenvalue weighted by atomic mass is 10.1. The van der Waals surface area contributed by atoms with Crippen LogP contribution >= 0.6 is 0 Å². The molecule has 1 aliphatic rings. The van der Waals surface area contributed by atoms with Gasteiger partial charge in [0, 0.05) is 11.6 Å². The minimum absolute atomic E-state index is 0.0812. The molecule has 0 spiro atoms. The van der Waals surface area contributed by atoms with Crippen LogP contribution in [0.2, 0.25) is 0 Å². The highest BCUT2D eigenvalue weighted by Gasteiger charge is 2.41. The lowest BCUT2D eigenvalue weighted by Gasteiger charge is -2.19. The van der Waals surface area contributed by atoms with E-state index in [9.17, 15) is 14.4 Å². The van der Waals surface area contributed by atoms with Crippen molar-refractivity contribution in [2.45, 2.75) is 19.4 Å². The highest BCUT2D eigenvalue weighted by Crippen LogP contribution is 2.35. The summed E-state index contributed by atoms with van der Waals surface area (Å²) >= 11 is 0. The van der Waals surface area contributed by atoms with Crippen molar-refractivity contribution in [3.05, 3.63) is 53.6 Å². The van der Waals surface area contributed by atoms with Crippen LogP contribution in [-0.2, 0) is 9.59 Å². The Morgan fingerprint density at radius 2 is 1.79 bits per heavy atom. The number of hydrogen-bond donors (Lipinski definition) is 2. The first-order valence-electron chi connectivity index (χ1n) is 8.66. The maximum absolute atomic E-state index is 12.7. The van der Waals surface area contributed by atoms with Gasteiger partial charge in [0.1, 0.15) is 17.5 Å². The molecule has 3 amide bonds. The highest BCUT2D eigenvalue weighted by molar-refractivity contribution is 6.23. The quantitative estimate of drug-likeness (QED) is 0.581. The van der Waals surface area contributed by atoms with Crippen LogP contribution < -0.4 is 25.2 Å². The lowest BCUT2D eigenvalue weighted by molar-refractivity contribution is -0.121. The zero-order chi connectivity index (χ0) is 20.3. The van der Waals surface area contributed by atoms with Crippen molar-refractivity contribution < 1.29 is 23.9 Å². The number of anilines is 1. The monoisotopic (exact) mass is 383 g/mol. The first-order valence-corrected chi connectivity index (χ1v) is 8.66. The maximum Gasteiger partial charge on any atom is 0.265 e. The smallest absolute Gasteiger partial charge is 0.265 e. The number of methoxy groups -OCH3 is 2. The summed E-state index contributed by atoms with van der Waals surface area (Å²) in [6.07, 6.45) is -0.0812. The SMILES string of the molecule is COc1ccc(N2C(=O)C[C@@H](NNC(=O)c3ccc(C)cc3)C2=O)c(OC)c1. The summed E-state index contributed by atoms with van der Waals surface area (Å²) in [5, 5.41) is 0. The summed E-state index contributed by atoms with van der Waals surface area (Å²) < 4.78 is 10.4. The van der Waals surface area contributed by atoms with Crippen LogP contribution in [-0.4, -0.2) is 38.0 Å². The minimum atomic E-state index is -0.867. The number of carbonyl (C=O) groups excluding carboxylic acids is 3. The second kappa shape index (κ2) is 8.10. The van der Waals surface area contributed by atoms with Crippen molar-refractivity contribution in [2.24, 2.45) is 0 Å². The van der Waals surface area contributed by atoms with Gasteiger partial charge in [-0.3, -0.25) is 19.8 Å². The van der Waals surface area contributed by atoms with Gasteiger partial charge in [-0.2, -0.15) is 0 Å². The molecular formula is C20H21N3O5. The Labute approximate surface area is 162 Å². The standard InChI is InChI=1S/C20H21N3O5/c1-12-4-6-13(7-5-12)19(25)22-21-15-11-18(24)23(20(15)26)16-9-8-14(27-2)10-17(16)28-3/h4-10,15,21H,11H2,1-3H3,(H,22,25)/t15-/m1/s1. The molecule has 2 aromatic carbocycles. The van der Waals surface area contributed by atoms with Crippen LogP contribution in [0.5, 0.6) is 11.5 Å². The first kappa shape index (κ1) is 19.4. The Balaban J connectivity index is 1.71. The molecule has 1 heterocycles. The molecule has 0 aromatic heterocycles. The third-order valence-corrected chi connectivity index (χ3v) is 4.45. The molecule has 28 heavy (non-hydrogen) atoms. The highest BCUT2D eigenvalue weighted by atomic mass is 16.5. The molecular weight excluding hydrogens is 362 g/mol. The van der Waals surface area contributed by atoms with E-state index in [-0.39, 0.29) is 12.3 Å². The zero-order valence-corrected chi connectivity index (χ0v) is 15.8. The second-order valence-corrected chi connectivity index (χ2v) is 6.33. The predicted molar refractivity (Wildman–Crippen MR) is 102 cm³/mol. The molecule has 0 unspecified atom stereocenters. The zero-order valence-electron chi connectivity index (χ0n) is 15.8. The number of nitrogens with zero attached hydrogens (tertiary/aromatic N) is 1. The van der Waals surface area contributed by atoms with Crippen LogP contribution in [0.3, 0.4) is 0 Å². The van der Waals surface area contributed by atoms with Gasteiger partial charge in [0.2, 0.25) is 5.91 Å². The van der Waals surface area contributed by atoms with E-state index in [2.05, 4.69) is 10.9 Å². The van der Waals surface area contributed by atoms with Crippen molar-refractivity contribution in [3.8, 4) is 11.5 Å². The van der Waals surface area contributed by atoms with Crippen LogP contribution in [0.15, 0.2) is 42.5 Å². The molecule has 0 radical (unpaired) electrons. The van der Waals surface area contributed by atoms with Crippen molar-refractivity contribution >= 4 is 23.4 Å². The number of carbonyl (C=O) groups is 3. The van der Waals surface area contributed by atoms with Crippen LogP contribution in [0.25, 0.3) is 0 Å². The number of amides is 3. The molecule has 2 N–H and O–H groups in total. The van der Waals surface area contributed by atoms with Crippen molar-refractivity contribution in [1.82, 2.24) is 10.9 Å². The fraction of sp³-hybridized carbons (Fsp3) is 0.250. The minimum Gasteiger partial charge on any atom is -0.497 e. The molecule has 1 atom stereocenters. The summed E-state index contributed by atoms with van der Waals surface area (Å²) in [5.41, 5.74) is 6.95. The van der Waals surface area contributed by atoms with Gasteiger partial charge < -0.3 is 9.47 Å². The molecule has 3 rings (SSSR count). The average molecular weight is 383 g/mol. The molecule has 1 fully saturated rings. The van der Waals surface area contributed by atoms with E-state index in [1.807, 2.05) is 19.1 Å². The first-order chi connectivity index (χ1) is 13.4. The summed E-state index contributed by atoms with van der Waals surface area (Å²) in [6, 6.07) is 10.9. The topological polar surface area (TPSA) is 97.0 Å². The fourth-order valence-electron chi connectivity index (χ4n) is 2.90. The number of aryl methyl sites for hydroxylation is 1. The third kappa shape index (κ3) is 3.81. The molecule has 1 saturated heterocycles. The Bertz CT molecular complexity index is 911. The second-order valence-electron chi connectivity index (χ2n) is 6.33. The number of nitrogens with one attached hydrogen (secondary N) is 2. The van der Waals surface area contributed by atoms with Crippen molar-refractivity contribution in [2.75, 3.05) is 19.1 Å². The number of rotatable bonds is 6. The largest absolute Gasteiger partial charge is 0.497 e. The summed E-state index contributed by atoms with van der Waals surface area (Å²) in [4.78, 5) is 38.4. The number of ether oxygens (including phenoxy) is 2. The molecule has 2 aromatic rings. The Kier molecular flexibility index (Phi) is 5.60. The van der Waals surface area contributed by atoms with Gasteiger partial charge >= 0.3 is 0 Å². The van der Waals surface area contributed by atoms with Gasteiger partial charge in [0.15, 0.2) is 0 Å². The van der Waals surface area contributed by atoms with Gasteiger partial charge in [0.05, 0.1) is 26.3 Å².